The van der Waals surface area contributed by atoms with E-state index >= 15 is 0 Å². The van der Waals surface area contributed by atoms with Gasteiger partial charge in [0.25, 0.3) is 0 Å². The Kier molecular flexibility index (Phi) is 3.08. The van der Waals surface area contributed by atoms with E-state index in [1.165, 1.54) is 0 Å². The first-order chi connectivity index (χ1) is 38.2. The highest BCUT2D eigenvalue weighted by molar-refractivity contribution is 6.38. The van der Waals surface area contributed by atoms with Gasteiger partial charge in [-0.3, -0.25) is 0 Å². The first kappa shape index (κ1) is 13.2. The van der Waals surface area contributed by atoms with Crippen molar-refractivity contribution in [3.63, 3.8) is 0 Å². The molecule has 0 aliphatic rings. The van der Waals surface area contributed by atoms with Crippen LogP contribution in [-0.4, -0.2) is 22.1 Å². The number of rotatable bonds is 6. The lowest BCUT2D eigenvalue weighted by molar-refractivity contribution is 0.477. The molecule has 2 heterocycles. The van der Waals surface area contributed by atoms with Crippen molar-refractivity contribution in [2.75, 3.05) is 0 Å². The summed E-state index contributed by atoms with van der Waals surface area (Å²) in [6, 6.07) is -27.3. The van der Waals surface area contributed by atoms with Crippen molar-refractivity contribution in [2.24, 2.45) is 0 Å². The fourth-order valence-electron chi connectivity index (χ4n) is 5.98. The van der Waals surface area contributed by atoms with Crippen LogP contribution in [0.1, 0.15) is 39.8 Å². The van der Waals surface area contributed by atoms with Crippen LogP contribution in [0.2, 0.25) is 0 Å². The maximum Gasteiger partial charge on any atom is 0.128 e. The molecule has 0 atom stereocenters. The summed E-state index contributed by atoms with van der Waals surface area (Å²) >= 11 is 0. The largest absolute Gasteiger partial charge is 0.507 e. The summed E-state index contributed by atoms with van der Waals surface area (Å²) in [5.74, 6) is -3.29. The predicted molar refractivity (Wildman–Crippen MR) is 220 cm³/mol. The van der Waals surface area contributed by atoms with Gasteiger partial charge in [-0.15, -0.1) is 0 Å². The van der Waals surface area contributed by atoms with E-state index in [0.717, 1.165) is 0 Å². The van der Waals surface area contributed by atoms with E-state index < -0.39 is 275 Å². The monoisotopic (exact) mass is 707 g/mol. The van der Waals surface area contributed by atoms with Crippen molar-refractivity contribution in [1.29, 1.82) is 0 Å². The minimum Gasteiger partial charge on any atom is -0.507 e. The fraction of sp³-hybridized carbons (Fsp3) is 0. The Hall–Kier alpha value is -6.98. The number of phenols is 1. The molecular formula is C48H31BN2O2. The molecule has 5 heteroatoms. The summed E-state index contributed by atoms with van der Waals surface area (Å²) in [4.78, 5) is 0. The van der Waals surface area contributed by atoms with Crippen LogP contribution >= 0.6 is 0 Å². The predicted octanol–water partition coefficient (Wildman–Crippen LogP) is 11.5. The molecule has 10 rings (SSSR count). The molecule has 0 unspecified atom stereocenters. The van der Waals surface area contributed by atoms with Crippen LogP contribution in [0, 0.1) is 0 Å². The molecule has 8 aromatic carbocycles. The first-order valence-corrected chi connectivity index (χ1v) is 15.3. The third-order valence-electron chi connectivity index (χ3n) is 8.20. The van der Waals surface area contributed by atoms with Crippen LogP contribution in [0.4, 0.5) is 0 Å². The molecule has 248 valence electrons. The number of aromatic nitrogens is 2. The quantitative estimate of drug-likeness (QED) is 0.175. The number of ether oxygens (including phenoxy) is 1. The highest BCUT2D eigenvalue weighted by Gasteiger charge is 2.19. The van der Waals surface area contributed by atoms with Gasteiger partial charge in [0.05, 0.1) is 73.2 Å². The van der Waals surface area contributed by atoms with Gasteiger partial charge in [0.15, 0.2) is 0 Å². The Bertz CT molecular complexity index is 4500. The van der Waals surface area contributed by atoms with Gasteiger partial charge in [-0.1, -0.05) is 121 Å². The Balaban J connectivity index is 1.38. The average molecular weight is 708 g/mol. The van der Waals surface area contributed by atoms with Crippen LogP contribution in [0.25, 0.3) is 77.2 Å². The normalized spacial score (nSPS) is 19.2. The molecule has 10 aromatic rings. The van der Waals surface area contributed by atoms with Crippen molar-refractivity contribution in [3.8, 4) is 50.9 Å². The van der Waals surface area contributed by atoms with Gasteiger partial charge >= 0.3 is 0 Å². The Morgan fingerprint density at radius 3 is 1.62 bits per heavy atom. The zero-order valence-corrected chi connectivity index (χ0v) is 26.4. The molecule has 2 aromatic heterocycles. The lowest BCUT2D eigenvalue weighted by Gasteiger charge is -2.19. The number of benzene rings is 8. The van der Waals surface area contributed by atoms with Crippen LogP contribution in [0.5, 0.6) is 17.2 Å². The molecule has 53 heavy (non-hydrogen) atoms. The number of para-hydroxylation sites is 6. The number of nitrogens with zero attached hydrogens (tertiary/aromatic N) is 2. The molecule has 2 radical (unpaired) electrons. The van der Waals surface area contributed by atoms with Crippen LogP contribution < -0.4 is 10.2 Å². The van der Waals surface area contributed by atoms with Gasteiger partial charge in [0.1, 0.15) is 25.1 Å². The van der Waals surface area contributed by atoms with Gasteiger partial charge < -0.3 is 19.0 Å². The summed E-state index contributed by atoms with van der Waals surface area (Å²) in [7, 11) is 6.77. The van der Waals surface area contributed by atoms with E-state index in [2.05, 4.69) is 0 Å². The number of phenolic OH excluding ortho intramolecular Hbond substituents is 1. The van der Waals surface area contributed by atoms with E-state index in [1.54, 1.807) is 0 Å². The lowest BCUT2D eigenvalue weighted by atomic mass is 9.85. The van der Waals surface area contributed by atoms with Crippen molar-refractivity contribution < 1.29 is 49.6 Å². The lowest BCUT2D eigenvalue weighted by Crippen LogP contribution is -2.12. The smallest absolute Gasteiger partial charge is 0.128 e. The number of hydrogen-bond acceptors (Lipinski definition) is 2. The van der Waals surface area contributed by atoms with Gasteiger partial charge in [0.2, 0.25) is 0 Å². The highest BCUT2D eigenvalue weighted by atomic mass is 16.5. The Labute approximate surface area is 348 Å². The molecule has 0 saturated carbocycles. The van der Waals surface area contributed by atoms with Gasteiger partial charge in [-0.2, -0.15) is 0 Å². The summed E-state index contributed by atoms with van der Waals surface area (Å²) < 4.78 is 267. The summed E-state index contributed by atoms with van der Waals surface area (Å²) in [5.41, 5.74) is -9.20. The zero-order valence-electron chi connectivity index (χ0n) is 55.4. The number of hydrogen-bond donors (Lipinski definition) is 1. The number of aromatic hydroxyl groups is 1. The van der Waals surface area contributed by atoms with E-state index in [0.29, 0.717) is 15.2 Å². The molecule has 0 aliphatic heterocycles. The molecule has 0 amide bonds. The Morgan fingerprint density at radius 2 is 1.00 bits per heavy atom. The second-order valence-electron chi connectivity index (χ2n) is 11.1. The molecule has 0 aliphatic carbocycles. The molecule has 0 saturated heterocycles. The Morgan fingerprint density at radius 1 is 0.491 bits per heavy atom. The van der Waals surface area contributed by atoms with Crippen LogP contribution in [-0.2, 0) is 0 Å². The number of fused-ring (bicyclic) bond motifs is 6. The van der Waals surface area contributed by atoms with Crippen molar-refractivity contribution in [2.45, 2.75) is 0 Å². The zero-order chi connectivity index (χ0) is 60.7. The summed E-state index contributed by atoms with van der Waals surface area (Å²) in [6.45, 7) is 0. The molecule has 1 N–H and O–H groups in total. The maximum atomic E-state index is 11.5. The summed E-state index contributed by atoms with van der Waals surface area (Å²) in [6.07, 6.45) is 0. The third-order valence-corrected chi connectivity index (χ3v) is 8.20. The standard InChI is InChI=1S/C48H31BN2O2/c49-48-40(39-21-6-12-27-46(39)52)29-32(50-42-23-8-2-17-35(42)36-18-3-9-24-43(36)50)30-47(48)53-33-15-13-14-31(28-33)34-16-1-7-22-41(34)51-44-25-10-4-19-37(44)38-20-5-11-26-45(38)51/h1-30,52H/i1D,2D,3D,4D,5D,6D,7D,8D,9D,10D,11D,12D,13D,14D,16D,17D,18D,19D,20D,21D,22D,23D,24D,25D,26D,27D,28D,29D,30D. The molecule has 0 spiro atoms. The van der Waals surface area contributed by atoms with E-state index in [4.69, 9.17) is 44.1 Å². The third kappa shape index (κ3) is 5.01. The molecule has 4 nitrogen and oxygen atoms in total. The molecular weight excluding hydrogens is 647 g/mol. The SMILES string of the molecule is [2H]c1cc(Oc2c([2H])c(-n3c4c([2H])c([2H])c([2H])c([2H])c4c4c([2H])c([2H])c([2H])c([2H])c43)c([2H])c(-c3c([2H])c([2H])c([2H])c([2H])c3O)c2[B])c([2H])c(-c2c([2H])c([2H])c([2H])c([2H])c2-n2c3c([2H])c([2H])c([2H])c([2H])c3c3c([2H])c([2H])c([2H])c([2H])c32)c1[2H]. The second-order valence-corrected chi connectivity index (χ2v) is 11.1. The maximum absolute atomic E-state index is 11.5. The van der Waals surface area contributed by atoms with Gasteiger partial charge in [0, 0.05) is 38.7 Å². The van der Waals surface area contributed by atoms with E-state index in [-0.39, 0.29) is 0 Å². The van der Waals surface area contributed by atoms with Crippen LogP contribution in [0.3, 0.4) is 0 Å². The van der Waals surface area contributed by atoms with Gasteiger partial charge in [-0.25, -0.2) is 0 Å². The summed E-state index contributed by atoms with van der Waals surface area (Å²) in [5, 5.41) is 9.37. The minimum atomic E-state index is -1.26. The topological polar surface area (TPSA) is 39.3 Å². The first-order valence-electron chi connectivity index (χ1n) is 29.8. The van der Waals surface area contributed by atoms with Gasteiger partial charge in [-0.05, 0) is 71.0 Å². The highest BCUT2D eigenvalue weighted by Crippen LogP contribution is 2.39. The minimum absolute atomic E-state index is 0.534. The average Bonchev–Trinajstić information content (AvgIpc) is 2.51. The van der Waals surface area contributed by atoms with Crippen LogP contribution in [0.15, 0.2) is 181 Å². The second kappa shape index (κ2) is 12.4. The molecule has 0 bridgehead atoms. The van der Waals surface area contributed by atoms with E-state index in [9.17, 15) is 13.3 Å². The van der Waals surface area contributed by atoms with Crippen molar-refractivity contribution in [3.05, 3.63) is 181 Å². The van der Waals surface area contributed by atoms with Crippen molar-refractivity contribution in [1.82, 2.24) is 9.13 Å². The molecule has 0 fully saturated rings. The fourth-order valence-corrected chi connectivity index (χ4v) is 5.98. The van der Waals surface area contributed by atoms with Crippen molar-refractivity contribution >= 4 is 56.9 Å². The van der Waals surface area contributed by atoms with E-state index in [1.807, 2.05) is 0 Å².